The summed E-state index contributed by atoms with van der Waals surface area (Å²) in [7, 11) is 0. The Balaban J connectivity index is 2.30. The smallest absolute Gasteiger partial charge is 0.227 e. The van der Waals surface area contributed by atoms with Gasteiger partial charge in [-0.1, -0.05) is 0 Å². The van der Waals surface area contributed by atoms with Crippen molar-refractivity contribution in [2.45, 2.75) is 13.3 Å². The number of ether oxygens (including phenoxy) is 1. The molecule has 18 heavy (non-hydrogen) atoms. The fourth-order valence-corrected chi connectivity index (χ4v) is 2.15. The number of nitrogens with two attached hydrogens (primary N) is 1. The molecule has 0 bridgehead atoms. The van der Waals surface area contributed by atoms with E-state index in [0.29, 0.717) is 37.6 Å². The van der Waals surface area contributed by atoms with E-state index in [2.05, 4.69) is 0 Å². The van der Waals surface area contributed by atoms with E-state index < -0.39 is 0 Å². The fraction of sp³-hybridized carbons (Fsp3) is 0.462. The van der Waals surface area contributed by atoms with Crippen molar-refractivity contribution in [1.29, 1.82) is 0 Å². The number of hydrogen-bond donors (Lipinski definition) is 1. The van der Waals surface area contributed by atoms with Gasteiger partial charge in [-0.25, -0.2) is 4.39 Å². The Morgan fingerprint density at radius 1 is 1.56 bits per heavy atom. The molecule has 0 aliphatic carbocycles. The third kappa shape index (κ3) is 2.46. The van der Waals surface area contributed by atoms with E-state index in [1.165, 1.54) is 12.1 Å². The Bertz CT molecular complexity index is 451. The summed E-state index contributed by atoms with van der Waals surface area (Å²) >= 11 is 0. The van der Waals surface area contributed by atoms with Gasteiger partial charge in [-0.15, -0.1) is 0 Å². The van der Waals surface area contributed by atoms with E-state index in [4.69, 9.17) is 10.5 Å². The lowest BCUT2D eigenvalue weighted by molar-refractivity contribution is -0.117. The average molecular weight is 252 g/mol. The molecule has 2 rings (SSSR count). The molecule has 1 aromatic rings. The van der Waals surface area contributed by atoms with Crippen LogP contribution in [-0.2, 0) is 4.79 Å². The Hall–Kier alpha value is -1.62. The Labute approximate surface area is 106 Å². The van der Waals surface area contributed by atoms with Crippen LogP contribution in [0.3, 0.4) is 0 Å². The number of anilines is 1. The lowest BCUT2D eigenvalue weighted by atomic mass is 10.1. The highest BCUT2D eigenvalue weighted by atomic mass is 19.1. The van der Waals surface area contributed by atoms with Crippen LogP contribution in [0, 0.1) is 11.7 Å². The largest absolute Gasteiger partial charge is 0.492 e. The third-order valence-electron chi connectivity index (χ3n) is 3.05. The second kappa shape index (κ2) is 5.35. The highest BCUT2D eigenvalue weighted by molar-refractivity contribution is 5.97. The molecule has 1 saturated heterocycles. The number of amides is 1. The molecule has 0 aromatic heterocycles. The number of halogens is 1. The van der Waals surface area contributed by atoms with Crippen molar-refractivity contribution in [3.63, 3.8) is 0 Å². The van der Waals surface area contributed by atoms with Gasteiger partial charge in [0.2, 0.25) is 5.91 Å². The second-order valence-corrected chi connectivity index (χ2v) is 4.36. The first-order chi connectivity index (χ1) is 8.65. The minimum atomic E-state index is -0.371. The van der Waals surface area contributed by atoms with Gasteiger partial charge in [0.1, 0.15) is 11.6 Å². The van der Waals surface area contributed by atoms with Gasteiger partial charge in [-0.2, -0.15) is 0 Å². The van der Waals surface area contributed by atoms with Gasteiger partial charge in [-0.3, -0.25) is 4.79 Å². The molecule has 5 heteroatoms. The van der Waals surface area contributed by atoms with E-state index >= 15 is 0 Å². The Morgan fingerprint density at radius 2 is 2.33 bits per heavy atom. The summed E-state index contributed by atoms with van der Waals surface area (Å²) in [5.74, 6) is 0.211. The molecule has 98 valence electrons. The zero-order valence-electron chi connectivity index (χ0n) is 10.4. The van der Waals surface area contributed by atoms with Gasteiger partial charge in [-0.05, 0) is 31.5 Å². The van der Waals surface area contributed by atoms with Crippen LogP contribution in [0.5, 0.6) is 5.75 Å². The maximum atomic E-state index is 13.2. The lowest BCUT2D eigenvalue weighted by Gasteiger charge is -2.20. The van der Waals surface area contributed by atoms with E-state index in [0.717, 1.165) is 0 Å². The molecule has 1 aliphatic rings. The van der Waals surface area contributed by atoms with Crippen LogP contribution in [0.1, 0.15) is 13.3 Å². The highest BCUT2D eigenvalue weighted by Gasteiger charge is 2.31. The van der Waals surface area contributed by atoms with E-state index in [1.807, 2.05) is 6.92 Å². The van der Waals surface area contributed by atoms with Gasteiger partial charge in [0.15, 0.2) is 0 Å². The summed E-state index contributed by atoms with van der Waals surface area (Å²) in [6.07, 6.45) is 0.444. The minimum absolute atomic E-state index is 0.0120. The summed E-state index contributed by atoms with van der Waals surface area (Å²) in [5.41, 5.74) is 6.21. The topological polar surface area (TPSA) is 55.6 Å². The van der Waals surface area contributed by atoms with Crippen molar-refractivity contribution in [2.24, 2.45) is 11.7 Å². The number of rotatable bonds is 4. The molecular formula is C13H17FN2O2. The van der Waals surface area contributed by atoms with Crippen molar-refractivity contribution in [2.75, 3.05) is 24.6 Å². The lowest BCUT2D eigenvalue weighted by Crippen LogP contribution is -2.26. The van der Waals surface area contributed by atoms with Crippen LogP contribution in [0.15, 0.2) is 18.2 Å². The van der Waals surface area contributed by atoms with Crippen LogP contribution in [0.2, 0.25) is 0 Å². The monoisotopic (exact) mass is 252 g/mol. The Kier molecular flexibility index (Phi) is 3.81. The number of hydrogen-bond acceptors (Lipinski definition) is 3. The van der Waals surface area contributed by atoms with Crippen molar-refractivity contribution in [1.82, 2.24) is 0 Å². The summed E-state index contributed by atoms with van der Waals surface area (Å²) < 4.78 is 18.6. The number of carbonyl (C=O) groups excluding carboxylic acids is 1. The van der Waals surface area contributed by atoms with Gasteiger partial charge in [0.25, 0.3) is 0 Å². The van der Waals surface area contributed by atoms with E-state index in [1.54, 1.807) is 11.0 Å². The minimum Gasteiger partial charge on any atom is -0.492 e. The van der Waals surface area contributed by atoms with E-state index in [9.17, 15) is 9.18 Å². The molecule has 1 atom stereocenters. The zero-order valence-corrected chi connectivity index (χ0v) is 10.4. The molecule has 4 nitrogen and oxygen atoms in total. The van der Waals surface area contributed by atoms with Crippen LogP contribution in [0.25, 0.3) is 0 Å². The first kappa shape index (κ1) is 12.8. The molecule has 1 aliphatic heterocycles. The number of carbonyl (C=O) groups is 1. The van der Waals surface area contributed by atoms with Crippen LogP contribution >= 0.6 is 0 Å². The molecule has 0 spiro atoms. The summed E-state index contributed by atoms with van der Waals surface area (Å²) in [4.78, 5) is 13.5. The number of nitrogens with zero attached hydrogens (tertiary/aromatic N) is 1. The first-order valence-electron chi connectivity index (χ1n) is 6.08. The summed E-state index contributed by atoms with van der Waals surface area (Å²) in [6.45, 7) is 3.30. The summed E-state index contributed by atoms with van der Waals surface area (Å²) in [6, 6.07) is 4.22. The molecule has 1 unspecified atom stereocenters. The Morgan fingerprint density at radius 3 is 2.94 bits per heavy atom. The fourth-order valence-electron chi connectivity index (χ4n) is 2.15. The van der Waals surface area contributed by atoms with Crippen LogP contribution in [0.4, 0.5) is 10.1 Å². The molecule has 2 N–H and O–H groups in total. The average Bonchev–Trinajstić information content (AvgIpc) is 2.71. The standard InChI is InChI=1S/C13H17FN2O2/c1-2-18-12-6-10(14)3-4-11(12)16-8-9(7-15)5-13(16)17/h3-4,6,9H,2,5,7-8,15H2,1H3. The molecule has 1 aromatic carbocycles. The molecule has 0 saturated carbocycles. The predicted molar refractivity (Wildman–Crippen MR) is 67.1 cm³/mol. The van der Waals surface area contributed by atoms with Crippen molar-refractivity contribution in [3.05, 3.63) is 24.0 Å². The zero-order chi connectivity index (χ0) is 13.1. The molecular weight excluding hydrogens is 235 g/mol. The van der Waals surface area contributed by atoms with Gasteiger partial charge in [0.05, 0.1) is 12.3 Å². The predicted octanol–water partition coefficient (Wildman–Crippen LogP) is 1.54. The second-order valence-electron chi connectivity index (χ2n) is 4.36. The quantitative estimate of drug-likeness (QED) is 0.884. The molecule has 1 fully saturated rings. The summed E-state index contributed by atoms with van der Waals surface area (Å²) in [5, 5.41) is 0. The maximum Gasteiger partial charge on any atom is 0.227 e. The van der Waals surface area contributed by atoms with Gasteiger partial charge >= 0.3 is 0 Å². The van der Waals surface area contributed by atoms with Crippen LogP contribution < -0.4 is 15.4 Å². The maximum absolute atomic E-state index is 13.2. The molecule has 0 radical (unpaired) electrons. The van der Waals surface area contributed by atoms with Crippen LogP contribution in [-0.4, -0.2) is 25.6 Å². The first-order valence-corrected chi connectivity index (χ1v) is 6.08. The van der Waals surface area contributed by atoms with Crippen molar-refractivity contribution >= 4 is 11.6 Å². The van der Waals surface area contributed by atoms with Gasteiger partial charge in [0, 0.05) is 19.0 Å². The van der Waals surface area contributed by atoms with Crippen molar-refractivity contribution < 1.29 is 13.9 Å². The molecule has 1 heterocycles. The SMILES string of the molecule is CCOc1cc(F)ccc1N1CC(CN)CC1=O. The third-order valence-corrected chi connectivity index (χ3v) is 3.05. The normalized spacial score (nSPS) is 19.4. The molecule has 1 amide bonds. The van der Waals surface area contributed by atoms with Crippen molar-refractivity contribution in [3.8, 4) is 5.75 Å². The highest BCUT2D eigenvalue weighted by Crippen LogP contribution is 2.33. The van der Waals surface area contributed by atoms with Gasteiger partial charge < -0.3 is 15.4 Å². The number of benzene rings is 1. The van der Waals surface area contributed by atoms with E-state index in [-0.39, 0.29) is 17.6 Å².